The number of halogens is 3. The maximum atomic E-state index is 11.9. The van der Waals surface area contributed by atoms with Crippen LogP contribution in [0.25, 0.3) is 0 Å². The summed E-state index contributed by atoms with van der Waals surface area (Å²) in [7, 11) is 1.35. The van der Waals surface area contributed by atoms with Gasteiger partial charge >= 0.3 is 6.18 Å². The highest BCUT2D eigenvalue weighted by atomic mass is 19.4. The Morgan fingerprint density at radius 2 is 1.83 bits per heavy atom. The van der Waals surface area contributed by atoms with E-state index in [-0.39, 0.29) is 18.5 Å². The highest BCUT2D eigenvalue weighted by molar-refractivity contribution is 5.87. The summed E-state index contributed by atoms with van der Waals surface area (Å²) in [5.74, 6) is -0.296. The fraction of sp³-hybridized carbons (Fsp3) is 0.750. The van der Waals surface area contributed by atoms with Crippen LogP contribution >= 0.6 is 0 Å². The van der Waals surface area contributed by atoms with E-state index in [9.17, 15) is 18.0 Å². The van der Waals surface area contributed by atoms with Crippen molar-refractivity contribution in [3.05, 3.63) is 12.2 Å². The third kappa shape index (κ3) is 15.0. The molecule has 0 aromatic heterocycles. The van der Waals surface area contributed by atoms with Crippen molar-refractivity contribution >= 4 is 5.91 Å². The Morgan fingerprint density at radius 3 is 2.22 bits per heavy atom. The summed E-state index contributed by atoms with van der Waals surface area (Å²) in [6.07, 6.45) is -1.56. The molecule has 1 amide bonds. The molecule has 6 heteroatoms. The molecule has 0 unspecified atom stereocenters. The quantitative estimate of drug-likeness (QED) is 0.777. The summed E-state index contributed by atoms with van der Waals surface area (Å²) in [6.45, 7) is 6.72. The molecule has 1 N–H and O–H groups in total. The lowest BCUT2D eigenvalue weighted by Crippen LogP contribution is -2.31. The second-order valence-corrected chi connectivity index (χ2v) is 3.88. The van der Waals surface area contributed by atoms with E-state index in [0.717, 1.165) is 4.90 Å². The van der Waals surface area contributed by atoms with Crippen molar-refractivity contribution in [2.24, 2.45) is 0 Å². The summed E-state index contributed by atoms with van der Waals surface area (Å²) in [5, 5.41) is 2.60. The molecule has 0 aromatic carbocycles. The molecular formula is C12H23F3N2O. The van der Waals surface area contributed by atoms with Crippen LogP contribution in [0.1, 0.15) is 27.7 Å². The number of hydrogen-bond acceptors (Lipinski definition) is 2. The van der Waals surface area contributed by atoms with Gasteiger partial charge in [-0.25, -0.2) is 0 Å². The minimum absolute atomic E-state index is 0.0186. The minimum Gasteiger partial charge on any atom is -0.350 e. The number of carbonyl (C=O) groups excluding carboxylic acids is 1. The van der Waals surface area contributed by atoms with Crippen LogP contribution in [-0.2, 0) is 4.79 Å². The maximum absolute atomic E-state index is 11.9. The predicted octanol–water partition coefficient (Wildman–Crippen LogP) is 2.59. The van der Waals surface area contributed by atoms with E-state index in [0.29, 0.717) is 0 Å². The maximum Gasteiger partial charge on any atom is 0.401 e. The summed E-state index contributed by atoms with van der Waals surface area (Å²) in [4.78, 5) is 12.2. The number of nitrogens with one attached hydrogen (secondary N) is 1. The van der Waals surface area contributed by atoms with Gasteiger partial charge in [0.25, 0.3) is 0 Å². The summed E-state index contributed by atoms with van der Waals surface area (Å²) in [6, 6.07) is 0.0186. The molecule has 0 saturated heterocycles. The topological polar surface area (TPSA) is 32.3 Å². The Bertz CT molecular complexity index is 250. The molecule has 0 rings (SSSR count). The van der Waals surface area contributed by atoms with Crippen LogP contribution < -0.4 is 5.32 Å². The zero-order valence-electron chi connectivity index (χ0n) is 11.6. The van der Waals surface area contributed by atoms with Crippen LogP contribution in [0.2, 0.25) is 0 Å². The van der Waals surface area contributed by atoms with Crippen molar-refractivity contribution in [1.82, 2.24) is 10.2 Å². The highest BCUT2D eigenvalue weighted by Gasteiger charge is 2.28. The first-order valence-electron chi connectivity index (χ1n) is 5.93. The van der Waals surface area contributed by atoms with Crippen molar-refractivity contribution < 1.29 is 18.0 Å². The Kier molecular flexibility index (Phi) is 10.7. The van der Waals surface area contributed by atoms with Crippen LogP contribution in [-0.4, -0.2) is 43.2 Å². The van der Waals surface area contributed by atoms with E-state index < -0.39 is 12.7 Å². The Balaban J connectivity index is 0. The van der Waals surface area contributed by atoms with Gasteiger partial charge in [-0.05, 0) is 20.9 Å². The van der Waals surface area contributed by atoms with Crippen molar-refractivity contribution in [2.45, 2.75) is 39.9 Å². The number of likely N-dealkylation sites (N-methyl/N-ethyl adjacent to an activating group) is 1. The largest absolute Gasteiger partial charge is 0.401 e. The van der Waals surface area contributed by atoms with Gasteiger partial charge in [0, 0.05) is 18.7 Å². The predicted molar refractivity (Wildman–Crippen MR) is 67.3 cm³/mol. The van der Waals surface area contributed by atoms with Gasteiger partial charge in [0.05, 0.1) is 6.54 Å². The molecule has 0 aliphatic heterocycles. The number of amides is 1. The van der Waals surface area contributed by atoms with E-state index in [1.807, 2.05) is 27.7 Å². The minimum atomic E-state index is -4.21. The fourth-order valence-corrected chi connectivity index (χ4v) is 1.04. The van der Waals surface area contributed by atoms with Gasteiger partial charge in [0.15, 0.2) is 0 Å². The van der Waals surface area contributed by atoms with Crippen LogP contribution in [0.5, 0.6) is 0 Å². The monoisotopic (exact) mass is 268 g/mol. The lowest BCUT2D eigenvalue weighted by atomic mass is 10.3. The molecule has 0 aliphatic rings. The van der Waals surface area contributed by atoms with Gasteiger partial charge in [-0.2, -0.15) is 13.2 Å². The molecule has 0 spiro atoms. The molecule has 108 valence electrons. The molecule has 0 aliphatic carbocycles. The lowest BCUT2D eigenvalue weighted by molar-refractivity contribution is -0.141. The van der Waals surface area contributed by atoms with Crippen molar-refractivity contribution in [3.63, 3.8) is 0 Å². The molecule has 0 aromatic rings. The van der Waals surface area contributed by atoms with Crippen LogP contribution in [0, 0.1) is 0 Å². The van der Waals surface area contributed by atoms with E-state index in [4.69, 9.17) is 0 Å². The number of alkyl halides is 3. The number of hydrogen-bond donors (Lipinski definition) is 1. The summed E-state index contributed by atoms with van der Waals surface area (Å²) < 4.78 is 35.8. The molecule has 0 radical (unpaired) electrons. The molecule has 3 nitrogen and oxygen atoms in total. The molecule has 0 saturated carbocycles. The SMILES string of the molecule is CC.CC(C)NC(=O)/C=C/CN(C)CC(F)(F)F. The Hall–Kier alpha value is -1.04. The van der Waals surface area contributed by atoms with Crippen molar-refractivity contribution in [3.8, 4) is 0 Å². The second-order valence-electron chi connectivity index (χ2n) is 3.88. The molecular weight excluding hydrogens is 245 g/mol. The van der Waals surface area contributed by atoms with Crippen molar-refractivity contribution in [2.75, 3.05) is 20.1 Å². The van der Waals surface area contributed by atoms with Gasteiger partial charge in [-0.15, -0.1) is 0 Å². The van der Waals surface area contributed by atoms with Crippen LogP contribution in [0.3, 0.4) is 0 Å². The lowest BCUT2D eigenvalue weighted by Gasteiger charge is -2.16. The number of rotatable bonds is 5. The average molecular weight is 268 g/mol. The Morgan fingerprint density at radius 1 is 1.33 bits per heavy atom. The van der Waals surface area contributed by atoms with Gasteiger partial charge in [-0.1, -0.05) is 19.9 Å². The third-order valence-electron chi connectivity index (χ3n) is 1.57. The summed E-state index contributed by atoms with van der Waals surface area (Å²) >= 11 is 0. The molecule has 0 bridgehead atoms. The standard InChI is InChI=1S/C10H17F3N2O.C2H6/c1-8(2)14-9(16)5-4-6-15(3)7-10(11,12)13;1-2/h4-5,8H,6-7H2,1-3H3,(H,14,16);1-2H3/b5-4+;. The number of carbonyl (C=O) groups is 1. The third-order valence-corrected chi connectivity index (χ3v) is 1.57. The smallest absolute Gasteiger partial charge is 0.350 e. The van der Waals surface area contributed by atoms with Crippen molar-refractivity contribution in [1.29, 1.82) is 0 Å². The average Bonchev–Trinajstić information content (AvgIpc) is 2.16. The van der Waals surface area contributed by atoms with E-state index in [2.05, 4.69) is 5.32 Å². The molecule has 0 fully saturated rings. The van der Waals surface area contributed by atoms with Gasteiger partial charge in [0.2, 0.25) is 5.91 Å². The normalized spacial score (nSPS) is 11.7. The zero-order chi connectivity index (χ0) is 14.8. The fourth-order valence-electron chi connectivity index (χ4n) is 1.04. The first-order valence-corrected chi connectivity index (χ1v) is 5.93. The molecule has 0 atom stereocenters. The van der Waals surface area contributed by atoms with Gasteiger partial charge in [0.1, 0.15) is 0 Å². The summed E-state index contributed by atoms with van der Waals surface area (Å²) in [5.41, 5.74) is 0. The van der Waals surface area contributed by atoms with E-state index in [1.165, 1.54) is 19.2 Å². The first-order chi connectivity index (χ1) is 8.20. The second kappa shape index (κ2) is 9.94. The van der Waals surface area contributed by atoms with Crippen LogP contribution in [0.4, 0.5) is 13.2 Å². The first kappa shape index (κ1) is 19.3. The highest BCUT2D eigenvalue weighted by Crippen LogP contribution is 2.15. The van der Waals surface area contributed by atoms with E-state index >= 15 is 0 Å². The van der Waals surface area contributed by atoms with Gasteiger partial charge in [-0.3, -0.25) is 9.69 Å². The Labute approximate surface area is 107 Å². The van der Waals surface area contributed by atoms with E-state index in [1.54, 1.807) is 0 Å². The van der Waals surface area contributed by atoms with Crippen LogP contribution in [0.15, 0.2) is 12.2 Å². The van der Waals surface area contributed by atoms with Gasteiger partial charge < -0.3 is 5.32 Å². The number of nitrogens with zero attached hydrogens (tertiary/aromatic N) is 1. The molecule has 18 heavy (non-hydrogen) atoms. The molecule has 0 heterocycles. The zero-order valence-corrected chi connectivity index (χ0v) is 11.6.